The third kappa shape index (κ3) is 4.41. The molecule has 0 aromatic heterocycles. The lowest BCUT2D eigenvalue weighted by atomic mass is 10.1. The highest BCUT2D eigenvalue weighted by molar-refractivity contribution is 5.79. The summed E-state index contributed by atoms with van der Waals surface area (Å²) in [6, 6.07) is 0.665. The van der Waals surface area contributed by atoms with Crippen LogP contribution in [0.15, 0.2) is 4.99 Å². The predicted molar refractivity (Wildman–Crippen MR) is 60.4 cm³/mol. The van der Waals surface area contributed by atoms with Gasteiger partial charge in [-0.15, -0.1) is 0 Å². The molecule has 13 heavy (non-hydrogen) atoms. The van der Waals surface area contributed by atoms with Crippen molar-refractivity contribution in [1.82, 2.24) is 4.90 Å². The molecule has 0 saturated carbocycles. The molecule has 0 radical (unpaired) electrons. The highest BCUT2D eigenvalue weighted by atomic mass is 15.2. The van der Waals surface area contributed by atoms with Gasteiger partial charge in [-0.1, -0.05) is 13.8 Å². The molecule has 78 valence electrons. The molecule has 2 nitrogen and oxygen atoms in total. The number of hydrogen-bond acceptors (Lipinski definition) is 2. The SMILES string of the molecule is CCC(CC)N(C)C(C)N=C(C)C. The molecule has 1 unspecified atom stereocenters. The Morgan fingerprint density at radius 3 is 2.00 bits per heavy atom. The van der Waals surface area contributed by atoms with Crippen molar-refractivity contribution in [1.29, 1.82) is 0 Å². The van der Waals surface area contributed by atoms with Crippen molar-refractivity contribution < 1.29 is 0 Å². The second-order valence-electron chi connectivity index (χ2n) is 3.84. The van der Waals surface area contributed by atoms with Gasteiger partial charge in [0.15, 0.2) is 0 Å². The Labute approximate surface area is 83.0 Å². The van der Waals surface area contributed by atoms with E-state index < -0.39 is 0 Å². The maximum absolute atomic E-state index is 4.54. The molecule has 0 aliphatic rings. The van der Waals surface area contributed by atoms with Crippen LogP contribution < -0.4 is 0 Å². The normalized spacial score (nSPS) is 13.5. The molecule has 2 heteroatoms. The second kappa shape index (κ2) is 6.14. The highest BCUT2D eigenvalue weighted by Gasteiger charge is 2.15. The summed E-state index contributed by atoms with van der Waals surface area (Å²) in [4.78, 5) is 6.89. The van der Waals surface area contributed by atoms with Crippen LogP contribution in [0.25, 0.3) is 0 Å². The summed E-state index contributed by atoms with van der Waals surface area (Å²) in [6.45, 7) is 10.7. The smallest absolute Gasteiger partial charge is 0.0989 e. The van der Waals surface area contributed by atoms with Crippen LogP contribution in [0.2, 0.25) is 0 Å². The Hall–Kier alpha value is -0.370. The van der Waals surface area contributed by atoms with Crippen molar-refractivity contribution in [3.8, 4) is 0 Å². The van der Waals surface area contributed by atoms with E-state index in [9.17, 15) is 0 Å². The fraction of sp³-hybridized carbons (Fsp3) is 0.909. The summed E-state index contributed by atoms with van der Waals surface area (Å²) in [5.74, 6) is 0. The Bertz CT molecular complexity index is 155. The summed E-state index contributed by atoms with van der Waals surface area (Å²) in [6.07, 6.45) is 2.72. The molecule has 0 saturated heterocycles. The molecule has 0 amide bonds. The van der Waals surface area contributed by atoms with Crippen LogP contribution in [0.4, 0.5) is 0 Å². The first-order valence-electron chi connectivity index (χ1n) is 5.25. The van der Waals surface area contributed by atoms with Gasteiger partial charge in [0.2, 0.25) is 0 Å². The minimum atomic E-state index is 0.315. The van der Waals surface area contributed by atoms with Crippen LogP contribution in [0.3, 0.4) is 0 Å². The summed E-state index contributed by atoms with van der Waals surface area (Å²) in [5.41, 5.74) is 1.16. The van der Waals surface area contributed by atoms with E-state index in [0.717, 1.165) is 5.71 Å². The zero-order chi connectivity index (χ0) is 10.4. The van der Waals surface area contributed by atoms with Gasteiger partial charge in [0.05, 0.1) is 6.17 Å². The fourth-order valence-electron chi connectivity index (χ4n) is 1.63. The van der Waals surface area contributed by atoms with E-state index in [1.54, 1.807) is 0 Å². The predicted octanol–water partition coefficient (Wildman–Crippen LogP) is 2.93. The van der Waals surface area contributed by atoms with Gasteiger partial charge in [0.1, 0.15) is 0 Å². The molecule has 0 bridgehead atoms. The zero-order valence-corrected chi connectivity index (χ0v) is 9.96. The van der Waals surface area contributed by atoms with Crippen LogP contribution in [0, 0.1) is 0 Å². The molecule has 0 N–H and O–H groups in total. The molecular weight excluding hydrogens is 160 g/mol. The van der Waals surface area contributed by atoms with Crippen LogP contribution in [-0.2, 0) is 0 Å². The lowest BCUT2D eigenvalue weighted by molar-refractivity contribution is 0.179. The molecule has 0 aliphatic carbocycles. The maximum atomic E-state index is 4.54. The Kier molecular flexibility index (Phi) is 5.97. The first-order chi connectivity index (χ1) is 6.02. The molecule has 0 rings (SSSR count). The van der Waals surface area contributed by atoms with E-state index in [2.05, 4.69) is 51.6 Å². The van der Waals surface area contributed by atoms with Crippen LogP contribution in [0.5, 0.6) is 0 Å². The minimum absolute atomic E-state index is 0.315. The Morgan fingerprint density at radius 1 is 1.23 bits per heavy atom. The van der Waals surface area contributed by atoms with Gasteiger partial charge in [0, 0.05) is 11.8 Å². The van der Waals surface area contributed by atoms with E-state index in [1.807, 2.05) is 0 Å². The molecule has 0 spiro atoms. The van der Waals surface area contributed by atoms with E-state index in [-0.39, 0.29) is 0 Å². The van der Waals surface area contributed by atoms with Crippen molar-refractivity contribution in [3.05, 3.63) is 0 Å². The highest BCUT2D eigenvalue weighted by Crippen LogP contribution is 2.10. The summed E-state index contributed by atoms with van der Waals surface area (Å²) >= 11 is 0. The molecule has 0 heterocycles. The van der Waals surface area contributed by atoms with Crippen molar-refractivity contribution in [2.24, 2.45) is 4.99 Å². The molecular formula is C11H24N2. The summed E-state index contributed by atoms with van der Waals surface area (Å²) in [5, 5.41) is 0. The summed E-state index contributed by atoms with van der Waals surface area (Å²) in [7, 11) is 2.16. The minimum Gasteiger partial charge on any atom is -0.282 e. The first-order valence-corrected chi connectivity index (χ1v) is 5.25. The molecule has 1 atom stereocenters. The third-order valence-electron chi connectivity index (χ3n) is 2.55. The monoisotopic (exact) mass is 184 g/mol. The van der Waals surface area contributed by atoms with Crippen molar-refractivity contribution >= 4 is 5.71 Å². The van der Waals surface area contributed by atoms with Gasteiger partial charge in [0.25, 0.3) is 0 Å². The molecule has 0 aromatic carbocycles. The van der Waals surface area contributed by atoms with Gasteiger partial charge in [-0.25, -0.2) is 0 Å². The van der Waals surface area contributed by atoms with Gasteiger partial charge >= 0.3 is 0 Å². The van der Waals surface area contributed by atoms with Crippen molar-refractivity contribution in [2.45, 2.75) is 59.7 Å². The third-order valence-corrected chi connectivity index (χ3v) is 2.55. The van der Waals surface area contributed by atoms with Gasteiger partial charge < -0.3 is 0 Å². The number of hydrogen-bond donors (Lipinski definition) is 0. The Balaban J connectivity index is 4.22. The molecule has 0 fully saturated rings. The lowest BCUT2D eigenvalue weighted by Crippen LogP contribution is -2.37. The number of nitrogens with zero attached hydrogens (tertiary/aromatic N) is 2. The van der Waals surface area contributed by atoms with E-state index in [1.165, 1.54) is 12.8 Å². The van der Waals surface area contributed by atoms with Gasteiger partial charge in [-0.05, 0) is 40.7 Å². The molecule has 0 aliphatic heterocycles. The second-order valence-corrected chi connectivity index (χ2v) is 3.84. The van der Waals surface area contributed by atoms with Crippen LogP contribution in [-0.4, -0.2) is 29.9 Å². The fourth-order valence-corrected chi connectivity index (χ4v) is 1.63. The topological polar surface area (TPSA) is 15.6 Å². The largest absolute Gasteiger partial charge is 0.282 e. The number of aliphatic imine (C=N–C) groups is 1. The van der Waals surface area contributed by atoms with E-state index >= 15 is 0 Å². The average molecular weight is 184 g/mol. The van der Waals surface area contributed by atoms with E-state index in [0.29, 0.717) is 12.2 Å². The van der Waals surface area contributed by atoms with Crippen LogP contribution in [0.1, 0.15) is 47.5 Å². The van der Waals surface area contributed by atoms with Gasteiger partial charge in [-0.3, -0.25) is 9.89 Å². The van der Waals surface area contributed by atoms with Gasteiger partial charge in [-0.2, -0.15) is 0 Å². The number of rotatable bonds is 5. The average Bonchev–Trinajstić information content (AvgIpc) is 2.05. The summed E-state index contributed by atoms with van der Waals surface area (Å²) < 4.78 is 0. The van der Waals surface area contributed by atoms with Crippen molar-refractivity contribution in [3.63, 3.8) is 0 Å². The van der Waals surface area contributed by atoms with Crippen molar-refractivity contribution in [2.75, 3.05) is 7.05 Å². The first kappa shape index (κ1) is 12.6. The van der Waals surface area contributed by atoms with E-state index in [4.69, 9.17) is 0 Å². The molecule has 0 aromatic rings. The standard InChI is InChI=1S/C11H24N2/c1-7-11(8-2)13(6)10(5)12-9(3)4/h10-11H,7-8H2,1-6H3. The quantitative estimate of drug-likeness (QED) is 0.600. The van der Waals surface area contributed by atoms with Crippen LogP contribution >= 0.6 is 0 Å². The maximum Gasteiger partial charge on any atom is 0.0989 e. The lowest BCUT2D eigenvalue weighted by Gasteiger charge is -2.29. The Morgan fingerprint density at radius 2 is 1.69 bits per heavy atom. The zero-order valence-electron chi connectivity index (χ0n) is 9.96.